The first kappa shape index (κ1) is 17.1. The SMILES string of the molecule is C=CNc1ccc2c(c1)CN(C(=O)c1cc(C)ccc1OC(C)C)C2. The number of carbonyl (C=O) groups is 1. The quantitative estimate of drug-likeness (QED) is 0.874. The zero-order valence-electron chi connectivity index (χ0n) is 15.0. The van der Waals surface area contributed by atoms with Crippen molar-refractivity contribution in [3.05, 3.63) is 71.4 Å². The Morgan fingerprint density at radius 2 is 1.96 bits per heavy atom. The summed E-state index contributed by atoms with van der Waals surface area (Å²) in [5.41, 5.74) is 5.02. The van der Waals surface area contributed by atoms with Crippen molar-refractivity contribution in [2.45, 2.75) is 40.0 Å². The number of aryl methyl sites for hydroxylation is 1. The summed E-state index contributed by atoms with van der Waals surface area (Å²) in [7, 11) is 0. The van der Waals surface area contributed by atoms with Crippen molar-refractivity contribution in [1.29, 1.82) is 0 Å². The highest BCUT2D eigenvalue weighted by molar-refractivity contribution is 5.97. The molecule has 25 heavy (non-hydrogen) atoms. The van der Waals surface area contributed by atoms with Crippen LogP contribution in [0, 0.1) is 6.92 Å². The molecule has 0 aliphatic carbocycles. The largest absolute Gasteiger partial charge is 0.490 e. The van der Waals surface area contributed by atoms with E-state index >= 15 is 0 Å². The number of anilines is 1. The molecule has 2 aromatic carbocycles. The number of ether oxygens (including phenoxy) is 1. The van der Waals surface area contributed by atoms with Gasteiger partial charge in [0, 0.05) is 18.8 Å². The zero-order valence-corrected chi connectivity index (χ0v) is 15.0. The third-order valence-corrected chi connectivity index (χ3v) is 4.21. The number of hydrogen-bond donors (Lipinski definition) is 1. The van der Waals surface area contributed by atoms with E-state index in [4.69, 9.17) is 4.74 Å². The Morgan fingerprint density at radius 3 is 2.68 bits per heavy atom. The molecule has 0 aromatic heterocycles. The number of benzene rings is 2. The Hall–Kier alpha value is -2.75. The van der Waals surface area contributed by atoms with Gasteiger partial charge in [-0.3, -0.25) is 4.79 Å². The van der Waals surface area contributed by atoms with Gasteiger partial charge in [0.25, 0.3) is 5.91 Å². The summed E-state index contributed by atoms with van der Waals surface area (Å²) < 4.78 is 5.84. The summed E-state index contributed by atoms with van der Waals surface area (Å²) in [6, 6.07) is 11.9. The maximum Gasteiger partial charge on any atom is 0.258 e. The molecule has 1 aliphatic heterocycles. The van der Waals surface area contributed by atoms with Crippen LogP contribution in [-0.4, -0.2) is 16.9 Å². The van der Waals surface area contributed by atoms with Gasteiger partial charge in [-0.25, -0.2) is 0 Å². The van der Waals surface area contributed by atoms with Gasteiger partial charge in [0.2, 0.25) is 0 Å². The average Bonchev–Trinajstić information content (AvgIpc) is 2.99. The molecule has 0 unspecified atom stereocenters. The van der Waals surface area contributed by atoms with E-state index < -0.39 is 0 Å². The average molecular weight is 336 g/mol. The van der Waals surface area contributed by atoms with Crippen molar-refractivity contribution in [2.24, 2.45) is 0 Å². The number of hydrogen-bond acceptors (Lipinski definition) is 3. The van der Waals surface area contributed by atoms with Crippen LogP contribution < -0.4 is 10.1 Å². The van der Waals surface area contributed by atoms with E-state index in [1.54, 1.807) is 6.20 Å². The normalized spacial score (nSPS) is 12.9. The molecule has 0 fully saturated rings. The van der Waals surface area contributed by atoms with Crippen LogP contribution in [0.15, 0.2) is 49.2 Å². The fourth-order valence-electron chi connectivity index (χ4n) is 3.08. The van der Waals surface area contributed by atoms with Crippen LogP contribution >= 0.6 is 0 Å². The summed E-state index contributed by atoms with van der Waals surface area (Å²) in [6.07, 6.45) is 1.68. The molecule has 1 N–H and O–H groups in total. The van der Waals surface area contributed by atoms with Crippen LogP contribution in [-0.2, 0) is 13.1 Å². The molecule has 1 amide bonds. The lowest BCUT2D eigenvalue weighted by atomic mass is 10.1. The van der Waals surface area contributed by atoms with E-state index in [-0.39, 0.29) is 12.0 Å². The molecule has 1 aliphatic rings. The molecule has 0 saturated heterocycles. The topological polar surface area (TPSA) is 41.6 Å². The first-order valence-electron chi connectivity index (χ1n) is 8.53. The first-order valence-corrected chi connectivity index (χ1v) is 8.53. The minimum Gasteiger partial charge on any atom is -0.490 e. The molecular weight excluding hydrogens is 312 g/mol. The Kier molecular flexibility index (Phi) is 4.79. The van der Waals surface area contributed by atoms with Crippen molar-refractivity contribution in [3.63, 3.8) is 0 Å². The van der Waals surface area contributed by atoms with E-state index in [0.29, 0.717) is 24.4 Å². The van der Waals surface area contributed by atoms with Crippen LogP contribution in [0.3, 0.4) is 0 Å². The predicted octanol–water partition coefficient (Wildman–Crippen LogP) is 4.49. The zero-order chi connectivity index (χ0) is 18.0. The molecular formula is C21H24N2O2. The van der Waals surface area contributed by atoms with Crippen LogP contribution in [0.25, 0.3) is 0 Å². The number of rotatable bonds is 5. The van der Waals surface area contributed by atoms with E-state index in [1.807, 2.05) is 49.9 Å². The van der Waals surface area contributed by atoms with E-state index in [9.17, 15) is 4.79 Å². The van der Waals surface area contributed by atoms with Crippen molar-refractivity contribution in [3.8, 4) is 5.75 Å². The number of amides is 1. The molecule has 4 heteroatoms. The molecule has 4 nitrogen and oxygen atoms in total. The molecule has 2 aromatic rings. The summed E-state index contributed by atoms with van der Waals surface area (Å²) in [5, 5.41) is 3.09. The molecule has 0 spiro atoms. The molecule has 1 heterocycles. The van der Waals surface area contributed by atoms with Crippen LogP contribution in [0.5, 0.6) is 5.75 Å². The second-order valence-corrected chi connectivity index (χ2v) is 6.66. The fraction of sp³-hybridized carbons (Fsp3) is 0.286. The Morgan fingerprint density at radius 1 is 1.20 bits per heavy atom. The molecule has 0 radical (unpaired) electrons. The van der Waals surface area contributed by atoms with Gasteiger partial charge in [0.15, 0.2) is 0 Å². The summed E-state index contributed by atoms with van der Waals surface area (Å²) >= 11 is 0. The third-order valence-electron chi connectivity index (χ3n) is 4.21. The van der Waals surface area contributed by atoms with Crippen molar-refractivity contribution in [1.82, 2.24) is 4.90 Å². The predicted molar refractivity (Wildman–Crippen MR) is 101 cm³/mol. The van der Waals surface area contributed by atoms with Crippen LogP contribution in [0.1, 0.15) is 40.9 Å². The number of fused-ring (bicyclic) bond motifs is 1. The van der Waals surface area contributed by atoms with Gasteiger partial charge in [0.1, 0.15) is 5.75 Å². The van der Waals surface area contributed by atoms with E-state index in [1.165, 1.54) is 11.1 Å². The highest BCUT2D eigenvalue weighted by atomic mass is 16.5. The van der Waals surface area contributed by atoms with Crippen molar-refractivity contribution >= 4 is 11.6 Å². The van der Waals surface area contributed by atoms with Crippen LogP contribution in [0.2, 0.25) is 0 Å². The first-order chi connectivity index (χ1) is 12.0. The van der Waals surface area contributed by atoms with Crippen molar-refractivity contribution < 1.29 is 9.53 Å². The van der Waals surface area contributed by atoms with Gasteiger partial charge in [-0.05, 0) is 62.4 Å². The second kappa shape index (κ2) is 7.01. The van der Waals surface area contributed by atoms with Gasteiger partial charge in [-0.1, -0.05) is 24.3 Å². The van der Waals surface area contributed by atoms with E-state index in [0.717, 1.165) is 11.3 Å². The van der Waals surface area contributed by atoms with Gasteiger partial charge in [-0.15, -0.1) is 0 Å². The summed E-state index contributed by atoms with van der Waals surface area (Å²) in [6.45, 7) is 10.8. The summed E-state index contributed by atoms with van der Waals surface area (Å²) in [5.74, 6) is 0.657. The smallest absolute Gasteiger partial charge is 0.258 e. The lowest BCUT2D eigenvalue weighted by Crippen LogP contribution is -2.26. The molecule has 0 saturated carbocycles. The number of carbonyl (C=O) groups excluding carboxylic acids is 1. The molecule has 0 bridgehead atoms. The van der Waals surface area contributed by atoms with Crippen LogP contribution in [0.4, 0.5) is 5.69 Å². The maximum absolute atomic E-state index is 13.1. The minimum atomic E-state index is 0.00813. The highest BCUT2D eigenvalue weighted by Crippen LogP contribution is 2.30. The maximum atomic E-state index is 13.1. The fourth-order valence-corrected chi connectivity index (χ4v) is 3.08. The van der Waals surface area contributed by atoms with Crippen molar-refractivity contribution in [2.75, 3.05) is 5.32 Å². The van der Waals surface area contributed by atoms with Gasteiger partial charge in [-0.2, -0.15) is 0 Å². The Bertz CT molecular complexity index is 812. The molecule has 130 valence electrons. The van der Waals surface area contributed by atoms with E-state index in [2.05, 4.69) is 24.0 Å². The Balaban J connectivity index is 1.85. The van der Waals surface area contributed by atoms with Gasteiger partial charge in [0.05, 0.1) is 11.7 Å². The molecule has 3 rings (SSSR count). The Labute approximate surface area is 149 Å². The minimum absolute atomic E-state index is 0.00813. The van der Waals surface area contributed by atoms with Gasteiger partial charge < -0.3 is 15.0 Å². The lowest BCUT2D eigenvalue weighted by molar-refractivity contribution is 0.0745. The highest BCUT2D eigenvalue weighted by Gasteiger charge is 2.26. The third kappa shape index (κ3) is 3.68. The second-order valence-electron chi connectivity index (χ2n) is 6.66. The van der Waals surface area contributed by atoms with Gasteiger partial charge >= 0.3 is 0 Å². The summed E-state index contributed by atoms with van der Waals surface area (Å²) in [4.78, 5) is 15.0. The number of nitrogens with one attached hydrogen (secondary N) is 1. The monoisotopic (exact) mass is 336 g/mol. The standard InChI is InChI=1S/C21H24N2O2/c1-5-22-18-8-7-16-12-23(13-17(16)11-18)21(24)19-10-15(4)6-9-20(19)25-14(2)3/h5-11,14,22H,1,12-13H2,2-4H3. The number of nitrogens with zero attached hydrogens (tertiary/aromatic N) is 1. The lowest BCUT2D eigenvalue weighted by Gasteiger charge is -2.19. The molecule has 0 atom stereocenters.